The number of benzene rings is 1. The van der Waals surface area contributed by atoms with E-state index in [1.807, 2.05) is 0 Å². The van der Waals surface area contributed by atoms with Gasteiger partial charge in [-0.3, -0.25) is 0 Å². The normalized spacial score (nSPS) is 11.6. The Balaban J connectivity index is 2.15. The van der Waals surface area contributed by atoms with Gasteiger partial charge in [0.25, 0.3) is 0 Å². The fourth-order valence-corrected chi connectivity index (χ4v) is 1.77. The molecule has 0 spiro atoms. The first kappa shape index (κ1) is 12.7. The van der Waals surface area contributed by atoms with Crippen molar-refractivity contribution in [2.75, 3.05) is 5.32 Å². The summed E-state index contributed by atoms with van der Waals surface area (Å²) in [6, 6.07) is 2.88. The predicted octanol–water partition coefficient (Wildman–Crippen LogP) is 3.31. The lowest BCUT2D eigenvalue weighted by Gasteiger charge is -2.10. The monoisotopic (exact) mass is 277 g/mol. The van der Waals surface area contributed by atoms with Crippen molar-refractivity contribution in [2.24, 2.45) is 0 Å². The molecule has 0 atom stereocenters. The second-order valence-electron chi connectivity index (χ2n) is 3.41. The van der Waals surface area contributed by atoms with E-state index < -0.39 is 17.6 Å². The minimum Gasteiger partial charge on any atom is -0.356 e. The maximum absolute atomic E-state index is 13.0. The number of halogens is 4. The second-order valence-corrected chi connectivity index (χ2v) is 4.24. The standard InChI is InChI=1S/C10H7F4N3S/c11-8-2-1-6(3-7(8)10(12,13)14)4-15-9-17-16-5-18-9/h1-3,5H,4H2,(H,15,17). The van der Waals surface area contributed by atoms with Crippen LogP contribution in [0.3, 0.4) is 0 Å². The predicted molar refractivity (Wildman–Crippen MR) is 58.6 cm³/mol. The van der Waals surface area contributed by atoms with Crippen molar-refractivity contribution in [3.8, 4) is 0 Å². The van der Waals surface area contributed by atoms with Crippen LogP contribution in [0.25, 0.3) is 0 Å². The molecule has 2 rings (SSSR count). The highest BCUT2D eigenvalue weighted by atomic mass is 32.1. The fourth-order valence-electron chi connectivity index (χ4n) is 1.33. The van der Waals surface area contributed by atoms with Crippen LogP contribution in [0.15, 0.2) is 23.7 Å². The highest BCUT2D eigenvalue weighted by molar-refractivity contribution is 7.13. The van der Waals surface area contributed by atoms with E-state index in [1.165, 1.54) is 22.9 Å². The van der Waals surface area contributed by atoms with Crippen molar-refractivity contribution in [3.05, 3.63) is 40.7 Å². The molecule has 1 N–H and O–H groups in total. The largest absolute Gasteiger partial charge is 0.419 e. The molecule has 0 aliphatic heterocycles. The summed E-state index contributed by atoms with van der Waals surface area (Å²) in [5, 5.41) is 10.5. The molecule has 0 aliphatic rings. The van der Waals surface area contributed by atoms with Crippen LogP contribution in [0.2, 0.25) is 0 Å². The number of aromatic nitrogens is 2. The van der Waals surface area contributed by atoms with E-state index in [0.29, 0.717) is 10.7 Å². The van der Waals surface area contributed by atoms with Crippen LogP contribution in [0.1, 0.15) is 11.1 Å². The lowest BCUT2D eigenvalue weighted by molar-refractivity contribution is -0.140. The molecule has 0 bridgehead atoms. The Kier molecular flexibility index (Phi) is 3.46. The van der Waals surface area contributed by atoms with Gasteiger partial charge in [-0.25, -0.2) is 4.39 Å². The highest BCUT2D eigenvalue weighted by Crippen LogP contribution is 2.32. The fraction of sp³-hybridized carbons (Fsp3) is 0.200. The van der Waals surface area contributed by atoms with Gasteiger partial charge in [-0.2, -0.15) is 13.2 Å². The lowest BCUT2D eigenvalue weighted by Crippen LogP contribution is -2.10. The second kappa shape index (κ2) is 4.89. The minimum absolute atomic E-state index is 0.124. The van der Waals surface area contributed by atoms with Crippen molar-refractivity contribution < 1.29 is 17.6 Å². The molecule has 0 amide bonds. The summed E-state index contributed by atoms with van der Waals surface area (Å²) in [4.78, 5) is 0. The Morgan fingerprint density at radius 2 is 2.06 bits per heavy atom. The number of alkyl halides is 3. The topological polar surface area (TPSA) is 37.8 Å². The Morgan fingerprint density at radius 3 is 2.67 bits per heavy atom. The van der Waals surface area contributed by atoms with Gasteiger partial charge in [-0.15, -0.1) is 10.2 Å². The quantitative estimate of drug-likeness (QED) is 0.875. The highest BCUT2D eigenvalue weighted by Gasteiger charge is 2.34. The summed E-state index contributed by atoms with van der Waals surface area (Å²) in [5.41, 5.74) is 0.548. The number of hydrogen-bond donors (Lipinski definition) is 1. The van der Waals surface area contributed by atoms with Crippen LogP contribution in [0.5, 0.6) is 0 Å². The minimum atomic E-state index is -4.69. The van der Waals surface area contributed by atoms with E-state index in [4.69, 9.17) is 0 Å². The van der Waals surface area contributed by atoms with Gasteiger partial charge in [0, 0.05) is 6.54 Å². The summed E-state index contributed by atoms with van der Waals surface area (Å²) in [5.74, 6) is -1.28. The zero-order chi connectivity index (χ0) is 13.2. The molecule has 0 radical (unpaired) electrons. The summed E-state index contributed by atoms with van der Waals surface area (Å²) >= 11 is 1.23. The van der Waals surface area contributed by atoms with Gasteiger partial charge in [-0.1, -0.05) is 17.4 Å². The van der Waals surface area contributed by atoms with Gasteiger partial charge in [-0.05, 0) is 17.7 Å². The molecule has 2 aromatic rings. The third-order valence-electron chi connectivity index (χ3n) is 2.14. The van der Waals surface area contributed by atoms with Crippen LogP contribution in [0, 0.1) is 5.82 Å². The van der Waals surface area contributed by atoms with Crippen LogP contribution in [-0.4, -0.2) is 10.2 Å². The summed E-state index contributed by atoms with van der Waals surface area (Å²) in [7, 11) is 0. The molecule has 1 heterocycles. The maximum atomic E-state index is 13.0. The Labute approximate surface area is 103 Å². The first-order valence-corrected chi connectivity index (χ1v) is 5.70. The number of hydrogen-bond acceptors (Lipinski definition) is 4. The summed E-state index contributed by atoms with van der Waals surface area (Å²) in [6.45, 7) is 0.124. The van der Waals surface area contributed by atoms with E-state index >= 15 is 0 Å². The van der Waals surface area contributed by atoms with Gasteiger partial charge < -0.3 is 5.32 Å². The van der Waals surface area contributed by atoms with E-state index in [-0.39, 0.29) is 6.54 Å². The molecule has 0 aliphatic carbocycles. The van der Waals surface area contributed by atoms with Gasteiger partial charge in [0.2, 0.25) is 5.13 Å². The molecule has 0 saturated carbocycles. The Hall–Kier alpha value is -1.70. The van der Waals surface area contributed by atoms with Crippen LogP contribution >= 0.6 is 11.3 Å². The Morgan fingerprint density at radius 1 is 1.28 bits per heavy atom. The first-order chi connectivity index (χ1) is 8.47. The van der Waals surface area contributed by atoms with Crippen molar-refractivity contribution in [3.63, 3.8) is 0 Å². The zero-order valence-corrected chi connectivity index (χ0v) is 9.65. The van der Waals surface area contributed by atoms with Gasteiger partial charge in [0.15, 0.2) is 0 Å². The smallest absolute Gasteiger partial charge is 0.356 e. The molecular weight excluding hydrogens is 270 g/mol. The van der Waals surface area contributed by atoms with Crippen molar-refractivity contribution in [2.45, 2.75) is 12.7 Å². The maximum Gasteiger partial charge on any atom is 0.419 e. The Bertz CT molecular complexity index is 524. The lowest BCUT2D eigenvalue weighted by atomic mass is 10.1. The molecular formula is C10H7F4N3S. The molecule has 1 aromatic carbocycles. The molecule has 0 saturated heterocycles. The first-order valence-electron chi connectivity index (χ1n) is 4.82. The molecule has 8 heteroatoms. The van der Waals surface area contributed by atoms with Gasteiger partial charge in [0.05, 0.1) is 5.56 Å². The number of rotatable bonds is 3. The average Bonchev–Trinajstić information content (AvgIpc) is 2.79. The average molecular weight is 277 g/mol. The van der Waals surface area contributed by atoms with Crippen LogP contribution in [-0.2, 0) is 12.7 Å². The van der Waals surface area contributed by atoms with Gasteiger partial charge >= 0.3 is 6.18 Å². The van der Waals surface area contributed by atoms with Crippen molar-refractivity contribution >= 4 is 16.5 Å². The number of anilines is 1. The van der Waals surface area contributed by atoms with E-state index in [2.05, 4.69) is 15.5 Å². The van der Waals surface area contributed by atoms with Gasteiger partial charge in [0.1, 0.15) is 11.3 Å². The van der Waals surface area contributed by atoms with Crippen LogP contribution in [0.4, 0.5) is 22.7 Å². The number of nitrogens with zero attached hydrogens (tertiary/aromatic N) is 2. The third kappa shape index (κ3) is 2.95. The van der Waals surface area contributed by atoms with Crippen molar-refractivity contribution in [1.29, 1.82) is 0 Å². The zero-order valence-electron chi connectivity index (χ0n) is 8.83. The molecule has 0 fully saturated rings. The molecule has 0 unspecified atom stereocenters. The summed E-state index contributed by atoms with van der Waals surface area (Å²) < 4.78 is 50.4. The SMILES string of the molecule is Fc1ccc(CNc2nncs2)cc1C(F)(F)F. The molecule has 18 heavy (non-hydrogen) atoms. The molecule has 1 aromatic heterocycles. The third-order valence-corrected chi connectivity index (χ3v) is 2.79. The van der Waals surface area contributed by atoms with Crippen molar-refractivity contribution in [1.82, 2.24) is 10.2 Å². The number of nitrogens with one attached hydrogen (secondary N) is 1. The molecule has 96 valence electrons. The van der Waals surface area contributed by atoms with Crippen LogP contribution < -0.4 is 5.32 Å². The molecule has 3 nitrogen and oxygen atoms in total. The van der Waals surface area contributed by atoms with E-state index in [0.717, 1.165) is 12.1 Å². The summed E-state index contributed by atoms with van der Waals surface area (Å²) in [6.07, 6.45) is -4.69. The van der Waals surface area contributed by atoms with E-state index in [1.54, 1.807) is 0 Å². The van der Waals surface area contributed by atoms with E-state index in [9.17, 15) is 17.6 Å².